The van der Waals surface area contributed by atoms with Crippen LogP contribution >= 0.6 is 0 Å². The molecule has 0 amide bonds. The summed E-state index contributed by atoms with van der Waals surface area (Å²) in [7, 11) is 0. The van der Waals surface area contributed by atoms with E-state index in [1.807, 2.05) is 0 Å². The van der Waals surface area contributed by atoms with Crippen molar-refractivity contribution in [2.24, 2.45) is 17.6 Å². The van der Waals surface area contributed by atoms with Crippen LogP contribution < -0.4 is 5.73 Å². The molecule has 0 spiro atoms. The van der Waals surface area contributed by atoms with Gasteiger partial charge in [-0.25, -0.2) is 0 Å². The van der Waals surface area contributed by atoms with Gasteiger partial charge in [-0.2, -0.15) is 0 Å². The predicted octanol–water partition coefficient (Wildman–Crippen LogP) is 5.25. The van der Waals surface area contributed by atoms with Gasteiger partial charge in [0, 0.05) is 6.04 Å². The molecule has 1 aliphatic rings. The fourth-order valence-electron chi connectivity index (χ4n) is 3.52. The molecule has 20 heavy (non-hydrogen) atoms. The van der Waals surface area contributed by atoms with E-state index in [-0.39, 0.29) is 6.04 Å². The molecule has 2 N–H and O–H groups in total. The highest BCUT2D eigenvalue weighted by atomic mass is 14.7. The molecule has 1 aromatic carbocycles. The quantitative estimate of drug-likeness (QED) is 0.797. The number of hydrogen-bond acceptors (Lipinski definition) is 1. The number of nitrogens with two attached hydrogens (primary N) is 1. The van der Waals surface area contributed by atoms with Crippen LogP contribution in [0.15, 0.2) is 24.3 Å². The highest BCUT2D eigenvalue weighted by Crippen LogP contribution is 2.31. The van der Waals surface area contributed by atoms with Gasteiger partial charge >= 0.3 is 0 Å². The summed E-state index contributed by atoms with van der Waals surface area (Å²) >= 11 is 0. The Morgan fingerprint density at radius 3 is 2.35 bits per heavy atom. The fraction of sp³-hybridized carbons (Fsp3) is 0.684. The normalized spacial score (nSPS) is 19.6. The Morgan fingerprint density at radius 1 is 1.05 bits per heavy atom. The largest absolute Gasteiger partial charge is 0.324 e. The Labute approximate surface area is 125 Å². The summed E-state index contributed by atoms with van der Waals surface area (Å²) in [5.74, 6) is 1.40. The summed E-state index contributed by atoms with van der Waals surface area (Å²) in [6.07, 6.45) is 10.7. The maximum atomic E-state index is 6.59. The second kappa shape index (κ2) is 7.83. The number of rotatable bonds is 4. The van der Waals surface area contributed by atoms with Gasteiger partial charge in [-0.1, -0.05) is 70.2 Å². The maximum Gasteiger partial charge on any atom is 0.0323 e. The first-order chi connectivity index (χ1) is 9.66. The fourth-order valence-corrected chi connectivity index (χ4v) is 3.52. The summed E-state index contributed by atoms with van der Waals surface area (Å²) in [6, 6.07) is 9.25. The third kappa shape index (κ3) is 4.63. The van der Waals surface area contributed by atoms with Gasteiger partial charge in [0.15, 0.2) is 0 Å². The van der Waals surface area contributed by atoms with Crippen molar-refractivity contribution in [1.29, 1.82) is 0 Å². The molecule has 1 aromatic rings. The molecule has 0 saturated heterocycles. The Hall–Kier alpha value is -0.820. The highest BCUT2D eigenvalue weighted by Gasteiger charge is 2.20. The third-order valence-corrected chi connectivity index (χ3v) is 4.64. The Balaban J connectivity index is 2.04. The summed E-state index contributed by atoms with van der Waals surface area (Å²) in [5, 5.41) is 0. The van der Waals surface area contributed by atoms with Crippen molar-refractivity contribution in [3.63, 3.8) is 0 Å². The molecule has 0 aromatic heterocycles. The van der Waals surface area contributed by atoms with E-state index in [1.165, 1.54) is 56.1 Å². The molecule has 1 saturated carbocycles. The van der Waals surface area contributed by atoms with Crippen molar-refractivity contribution >= 4 is 0 Å². The van der Waals surface area contributed by atoms with Crippen LogP contribution in [0.25, 0.3) is 0 Å². The van der Waals surface area contributed by atoms with Crippen LogP contribution in [-0.4, -0.2) is 0 Å². The molecule has 2 rings (SSSR count). The first-order valence-electron chi connectivity index (χ1n) is 8.51. The standard InChI is InChI=1S/C19H31N/c1-15(2)13-16-9-8-12-18(14-16)19(20)17-10-6-4-3-5-7-11-17/h8-9,12,14-15,17,19H,3-7,10-11,13,20H2,1-2H3. The van der Waals surface area contributed by atoms with Crippen LogP contribution in [0.2, 0.25) is 0 Å². The minimum absolute atomic E-state index is 0.236. The molecule has 1 unspecified atom stereocenters. The molecule has 112 valence electrons. The van der Waals surface area contributed by atoms with E-state index in [2.05, 4.69) is 38.1 Å². The zero-order valence-corrected chi connectivity index (χ0v) is 13.3. The first-order valence-corrected chi connectivity index (χ1v) is 8.51. The van der Waals surface area contributed by atoms with Crippen LogP contribution in [-0.2, 0) is 6.42 Å². The molecule has 0 radical (unpaired) electrons. The first kappa shape index (κ1) is 15.6. The topological polar surface area (TPSA) is 26.0 Å². The van der Waals surface area contributed by atoms with E-state index in [1.54, 1.807) is 0 Å². The molecule has 0 heterocycles. The minimum Gasteiger partial charge on any atom is -0.324 e. The van der Waals surface area contributed by atoms with Crippen LogP contribution in [0.5, 0.6) is 0 Å². The number of hydrogen-bond donors (Lipinski definition) is 1. The lowest BCUT2D eigenvalue weighted by Crippen LogP contribution is -2.22. The molecular weight excluding hydrogens is 242 g/mol. The molecule has 1 atom stereocenters. The van der Waals surface area contributed by atoms with Crippen molar-refractivity contribution in [3.8, 4) is 0 Å². The van der Waals surface area contributed by atoms with Crippen molar-refractivity contribution in [2.75, 3.05) is 0 Å². The van der Waals surface area contributed by atoms with Crippen LogP contribution in [0.4, 0.5) is 0 Å². The Bertz CT molecular complexity index is 389. The van der Waals surface area contributed by atoms with Gasteiger partial charge in [0.05, 0.1) is 0 Å². The Morgan fingerprint density at radius 2 is 1.70 bits per heavy atom. The average Bonchev–Trinajstić information content (AvgIpc) is 2.37. The minimum atomic E-state index is 0.236. The summed E-state index contributed by atoms with van der Waals surface area (Å²) in [6.45, 7) is 4.56. The van der Waals surface area contributed by atoms with Crippen molar-refractivity contribution in [2.45, 2.75) is 71.3 Å². The average molecular weight is 273 g/mol. The van der Waals surface area contributed by atoms with Crippen LogP contribution in [0.3, 0.4) is 0 Å². The molecule has 1 nitrogen and oxygen atoms in total. The predicted molar refractivity (Wildman–Crippen MR) is 87.7 cm³/mol. The summed E-state index contributed by atoms with van der Waals surface area (Å²) in [4.78, 5) is 0. The van der Waals surface area contributed by atoms with Crippen molar-refractivity contribution in [3.05, 3.63) is 35.4 Å². The van der Waals surface area contributed by atoms with Crippen molar-refractivity contribution < 1.29 is 0 Å². The monoisotopic (exact) mass is 273 g/mol. The van der Waals surface area contributed by atoms with Gasteiger partial charge in [-0.3, -0.25) is 0 Å². The zero-order chi connectivity index (χ0) is 14.4. The van der Waals surface area contributed by atoms with Crippen LogP contribution in [0.1, 0.15) is 76.0 Å². The van der Waals surface area contributed by atoms with Gasteiger partial charge in [0.25, 0.3) is 0 Å². The van der Waals surface area contributed by atoms with Gasteiger partial charge in [0.2, 0.25) is 0 Å². The van der Waals surface area contributed by atoms with E-state index >= 15 is 0 Å². The zero-order valence-electron chi connectivity index (χ0n) is 13.3. The lowest BCUT2D eigenvalue weighted by molar-refractivity contribution is 0.327. The molecule has 1 aliphatic carbocycles. The smallest absolute Gasteiger partial charge is 0.0323 e. The van der Waals surface area contributed by atoms with E-state index in [4.69, 9.17) is 5.73 Å². The highest BCUT2D eigenvalue weighted by molar-refractivity contribution is 5.26. The Kier molecular flexibility index (Phi) is 6.09. The molecule has 0 bridgehead atoms. The van der Waals surface area contributed by atoms with Gasteiger partial charge in [-0.05, 0) is 42.2 Å². The van der Waals surface area contributed by atoms with E-state index in [9.17, 15) is 0 Å². The van der Waals surface area contributed by atoms with Gasteiger partial charge in [0.1, 0.15) is 0 Å². The summed E-state index contributed by atoms with van der Waals surface area (Å²) in [5.41, 5.74) is 9.39. The second-order valence-electron chi connectivity index (χ2n) is 6.97. The van der Waals surface area contributed by atoms with E-state index in [0.29, 0.717) is 11.8 Å². The lowest BCUT2D eigenvalue weighted by atomic mass is 9.83. The van der Waals surface area contributed by atoms with E-state index in [0.717, 1.165) is 6.42 Å². The molecular formula is C19H31N. The molecule has 1 heteroatoms. The van der Waals surface area contributed by atoms with E-state index < -0.39 is 0 Å². The molecule has 0 aliphatic heterocycles. The lowest BCUT2D eigenvalue weighted by Gasteiger charge is -2.26. The number of benzene rings is 1. The van der Waals surface area contributed by atoms with Crippen LogP contribution in [0, 0.1) is 11.8 Å². The van der Waals surface area contributed by atoms with Gasteiger partial charge < -0.3 is 5.73 Å². The van der Waals surface area contributed by atoms with Crippen molar-refractivity contribution in [1.82, 2.24) is 0 Å². The maximum absolute atomic E-state index is 6.59. The third-order valence-electron chi connectivity index (χ3n) is 4.64. The SMILES string of the molecule is CC(C)Cc1cccc(C(N)C2CCCCCCC2)c1. The second-order valence-corrected chi connectivity index (χ2v) is 6.97. The molecule has 1 fully saturated rings. The summed E-state index contributed by atoms with van der Waals surface area (Å²) < 4.78 is 0. The van der Waals surface area contributed by atoms with Gasteiger partial charge in [-0.15, -0.1) is 0 Å².